The lowest BCUT2D eigenvalue weighted by atomic mass is 9.95. The number of amides is 2. The van der Waals surface area contributed by atoms with Crippen LogP contribution >= 0.6 is 0 Å². The van der Waals surface area contributed by atoms with Crippen molar-refractivity contribution in [3.05, 3.63) is 41.9 Å². The Hall–Kier alpha value is -2.41. The Morgan fingerprint density at radius 1 is 1.42 bits per heavy atom. The normalized spacial score (nSPS) is 21.0. The second-order valence-corrected chi connectivity index (χ2v) is 6.39. The van der Waals surface area contributed by atoms with Crippen LogP contribution in [-0.4, -0.2) is 45.8 Å². The van der Waals surface area contributed by atoms with Crippen LogP contribution in [0.25, 0.3) is 0 Å². The van der Waals surface area contributed by atoms with Crippen LogP contribution < -0.4 is 10.6 Å². The standard InChI is InChI=1S/C17H24N6O/c1-12-9-15(21-23(12)3)20-17(24)19-11-14-6-8-22(2)16(14)13-5-4-7-18-10-13/h4-5,7,9-10,14,16H,6,8,11H2,1-3H3,(H2,19,20,21,24)/t14-,16-/m0/s1. The Labute approximate surface area is 142 Å². The van der Waals surface area contributed by atoms with Crippen molar-refractivity contribution in [3.63, 3.8) is 0 Å². The smallest absolute Gasteiger partial charge is 0.320 e. The molecule has 1 fully saturated rings. The molecule has 0 spiro atoms. The van der Waals surface area contributed by atoms with Crippen LogP contribution in [0.4, 0.5) is 10.6 Å². The third-order valence-electron chi connectivity index (χ3n) is 4.68. The van der Waals surface area contributed by atoms with Gasteiger partial charge in [0, 0.05) is 43.8 Å². The van der Waals surface area contributed by atoms with Gasteiger partial charge in [0.2, 0.25) is 0 Å². The average Bonchev–Trinajstić information content (AvgIpc) is 3.08. The number of anilines is 1. The minimum atomic E-state index is -0.215. The summed E-state index contributed by atoms with van der Waals surface area (Å²) in [5.74, 6) is 0.940. The first-order valence-corrected chi connectivity index (χ1v) is 8.20. The minimum absolute atomic E-state index is 0.215. The molecule has 128 valence electrons. The summed E-state index contributed by atoms with van der Waals surface area (Å²) in [4.78, 5) is 18.7. The number of carbonyl (C=O) groups is 1. The van der Waals surface area contributed by atoms with Gasteiger partial charge in [-0.2, -0.15) is 5.10 Å². The monoisotopic (exact) mass is 328 g/mol. The summed E-state index contributed by atoms with van der Waals surface area (Å²) >= 11 is 0. The van der Waals surface area contributed by atoms with Crippen LogP contribution in [0.5, 0.6) is 0 Å². The quantitative estimate of drug-likeness (QED) is 0.899. The number of hydrogen-bond acceptors (Lipinski definition) is 4. The lowest BCUT2D eigenvalue weighted by molar-refractivity contribution is 0.243. The third kappa shape index (κ3) is 3.56. The van der Waals surface area contributed by atoms with Gasteiger partial charge in [-0.05, 0) is 44.5 Å². The number of urea groups is 1. The van der Waals surface area contributed by atoms with Crippen molar-refractivity contribution < 1.29 is 4.79 Å². The number of carbonyl (C=O) groups excluding carboxylic acids is 1. The van der Waals surface area contributed by atoms with Gasteiger partial charge in [0.1, 0.15) is 0 Å². The second kappa shape index (κ2) is 7.00. The van der Waals surface area contributed by atoms with Gasteiger partial charge in [0.15, 0.2) is 5.82 Å². The summed E-state index contributed by atoms with van der Waals surface area (Å²) in [6, 6.07) is 5.98. The molecular formula is C17H24N6O. The number of hydrogen-bond donors (Lipinski definition) is 2. The Morgan fingerprint density at radius 3 is 2.92 bits per heavy atom. The Morgan fingerprint density at radius 2 is 2.25 bits per heavy atom. The molecule has 3 heterocycles. The molecule has 1 aliphatic rings. The van der Waals surface area contributed by atoms with E-state index in [0.29, 0.717) is 18.3 Å². The highest BCUT2D eigenvalue weighted by molar-refractivity contribution is 5.88. The molecule has 2 atom stereocenters. The van der Waals surface area contributed by atoms with Crippen LogP contribution in [0, 0.1) is 12.8 Å². The van der Waals surface area contributed by atoms with Gasteiger partial charge in [-0.25, -0.2) is 4.79 Å². The molecule has 0 saturated carbocycles. The zero-order chi connectivity index (χ0) is 17.1. The van der Waals surface area contributed by atoms with Crippen LogP contribution in [0.15, 0.2) is 30.6 Å². The summed E-state index contributed by atoms with van der Waals surface area (Å²) in [7, 11) is 3.97. The molecule has 3 rings (SSSR count). The number of pyridine rings is 1. The first-order valence-electron chi connectivity index (χ1n) is 8.20. The van der Waals surface area contributed by atoms with Gasteiger partial charge in [-0.15, -0.1) is 0 Å². The fraction of sp³-hybridized carbons (Fsp3) is 0.471. The molecule has 0 aliphatic carbocycles. The summed E-state index contributed by atoms with van der Waals surface area (Å²) in [5, 5.41) is 9.99. The predicted octanol–water partition coefficient (Wildman–Crippen LogP) is 1.94. The molecule has 1 aliphatic heterocycles. The van der Waals surface area contributed by atoms with Crippen molar-refractivity contribution in [1.29, 1.82) is 0 Å². The summed E-state index contributed by atoms with van der Waals surface area (Å²) in [6.07, 6.45) is 4.75. The van der Waals surface area contributed by atoms with Crippen LogP contribution in [0.2, 0.25) is 0 Å². The highest BCUT2D eigenvalue weighted by atomic mass is 16.2. The average molecular weight is 328 g/mol. The molecule has 2 aromatic rings. The minimum Gasteiger partial charge on any atom is -0.337 e. The lowest BCUT2D eigenvalue weighted by Gasteiger charge is -2.25. The highest BCUT2D eigenvalue weighted by Crippen LogP contribution is 2.35. The Bertz CT molecular complexity index is 679. The largest absolute Gasteiger partial charge is 0.337 e. The Kier molecular flexibility index (Phi) is 4.80. The topological polar surface area (TPSA) is 75.1 Å². The zero-order valence-corrected chi connectivity index (χ0v) is 14.4. The zero-order valence-electron chi connectivity index (χ0n) is 14.4. The first-order chi connectivity index (χ1) is 11.5. The third-order valence-corrected chi connectivity index (χ3v) is 4.68. The maximum absolute atomic E-state index is 12.1. The van der Waals surface area contributed by atoms with E-state index < -0.39 is 0 Å². The van der Waals surface area contributed by atoms with Crippen molar-refractivity contribution in [2.45, 2.75) is 19.4 Å². The molecular weight excluding hydrogens is 304 g/mol. The van der Waals surface area contributed by atoms with E-state index in [-0.39, 0.29) is 12.1 Å². The maximum Gasteiger partial charge on any atom is 0.320 e. The van der Waals surface area contributed by atoms with Crippen molar-refractivity contribution >= 4 is 11.8 Å². The van der Waals surface area contributed by atoms with Crippen molar-refractivity contribution in [1.82, 2.24) is 25.0 Å². The fourth-order valence-corrected chi connectivity index (χ4v) is 3.32. The molecule has 0 bridgehead atoms. The number of nitrogens with one attached hydrogen (secondary N) is 2. The van der Waals surface area contributed by atoms with Gasteiger partial charge in [0.25, 0.3) is 0 Å². The van der Waals surface area contributed by atoms with E-state index in [2.05, 4.69) is 38.7 Å². The van der Waals surface area contributed by atoms with Gasteiger partial charge < -0.3 is 5.32 Å². The Balaban J connectivity index is 1.58. The molecule has 1 saturated heterocycles. The second-order valence-electron chi connectivity index (χ2n) is 6.39. The molecule has 2 N–H and O–H groups in total. The van der Waals surface area contributed by atoms with E-state index in [1.165, 1.54) is 5.56 Å². The summed E-state index contributed by atoms with van der Waals surface area (Å²) in [6.45, 7) is 3.59. The number of likely N-dealkylation sites (tertiary alicyclic amines) is 1. The van der Waals surface area contributed by atoms with Crippen LogP contribution in [0.1, 0.15) is 23.7 Å². The maximum atomic E-state index is 12.1. The van der Waals surface area contributed by atoms with E-state index >= 15 is 0 Å². The molecule has 7 nitrogen and oxygen atoms in total. The number of aryl methyl sites for hydroxylation is 2. The molecule has 0 unspecified atom stereocenters. The van der Waals surface area contributed by atoms with Gasteiger partial charge in [0.05, 0.1) is 0 Å². The van der Waals surface area contributed by atoms with Gasteiger partial charge >= 0.3 is 6.03 Å². The van der Waals surface area contributed by atoms with Crippen molar-refractivity contribution in [2.24, 2.45) is 13.0 Å². The summed E-state index contributed by atoms with van der Waals surface area (Å²) < 4.78 is 1.74. The van der Waals surface area contributed by atoms with E-state index in [0.717, 1.165) is 18.7 Å². The lowest BCUT2D eigenvalue weighted by Crippen LogP contribution is -2.35. The fourth-order valence-electron chi connectivity index (χ4n) is 3.32. The number of nitrogens with zero attached hydrogens (tertiary/aromatic N) is 4. The van der Waals surface area contributed by atoms with E-state index in [4.69, 9.17) is 0 Å². The molecule has 2 amide bonds. The van der Waals surface area contributed by atoms with Gasteiger partial charge in [-0.3, -0.25) is 19.9 Å². The summed E-state index contributed by atoms with van der Waals surface area (Å²) in [5.41, 5.74) is 2.20. The molecule has 0 radical (unpaired) electrons. The van der Waals surface area contributed by atoms with E-state index in [1.54, 1.807) is 10.9 Å². The number of rotatable bonds is 4. The molecule has 0 aromatic carbocycles. The van der Waals surface area contributed by atoms with Crippen molar-refractivity contribution in [3.8, 4) is 0 Å². The predicted molar refractivity (Wildman–Crippen MR) is 92.7 cm³/mol. The highest BCUT2D eigenvalue weighted by Gasteiger charge is 2.33. The first kappa shape index (κ1) is 16.4. The SMILES string of the molecule is Cc1cc(NC(=O)NC[C@@H]2CCN(C)[C@H]2c2cccnc2)nn1C. The van der Waals surface area contributed by atoms with Crippen LogP contribution in [-0.2, 0) is 7.05 Å². The molecule has 2 aromatic heterocycles. The molecule has 7 heteroatoms. The van der Waals surface area contributed by atoms with Gasteiger partial charge in [-0.1, -0.05) is 6.07 Å². The number of aromatic nitrogens is 3. The van der Waals surface area contributed by atoms with Crippen molar-refractivity contribution in [2.75, 3.05) is 25.5 Å². The van der Waals surface area contributed by atoms with E-state index in [9.17, 15) is 4.79 Å². The molecule has 24 heavy (non-hydrogen) atoms. The van der Waals surface area contributed by atoms with Crippen LogP contribution in [0.3, 0.4) is 0 Å². The van der Waals surface area contributed by atoms with E-state index in [1.807, 2.05) is 32.3 Å².